The van der Waals surface area contributed by atoms with Crippen LogP contribution < -0.4 is 10.1 Å². The molecule has 0 spiro atoms. The van der Waals surface area contributed by atoms with Crippen LogP contribution in [-0.4, -0.2) is 13.7 Å². The summed E-state index contributed by atoms with van der Waals surface area (Å²) < 4.78 is 11.0. The number of hydrogen-bond donors (Lipinski definition) is 1. The summed E-state index contributed by atoms with van der Waals surface area (Å²) in [5.41, 5.74) is 2.41. The van der Waals surface area contributed by atoms with Crippen molar-refractivity contribution in [2.24, 2.45) is 0 Å². The van der Waals surface area contributed by atoms with Crippen LogP contribution in [0.1, 0.15) is 36.8 Å². The number of aryl methyl sites for hydroxylation is 1. The van der Waals surface area contributed by atoms with E-state index in [4.69, 9.17) is 9.15 Å². The zero-order valence-electron chi connectivity index (χ0n) is 11.8. The Morgan fingerprint density at radius 3 is 2.47 bits per heavy atom. The second-order valence-corrected chi connectivity index (χ2v) is 4.38. The van der Waals surface area contributed by atoms with Gasteiger partial charge in [-0.1, -0.05) is 19.1 Å². The Morgan fingerprint density at radius 2 is 1.89 bits per heavy atom. The van der Waals surface area contributed by atoms with E-state index in [-0.39, 0.29) is 6.04 Å². The lowest BCUT2D eigenvalue weighted by atomic mass is 9.98. The quantitative estimate of drug-likeness (QED) is 0.861. The minimum Gasteiger partial charge on any atom is -0.494 e. The summed E-state index contributed by atoms with van der Waals surface area (Å²) in [5.74, 6) is 1.94. The average molecular weight is 259 g/mol. The number of hydrogen-bond acceptors (Lipinski definition) is 3. The monoisotopic (exact) mass is 259 g/mol. The molecule has 1 atom stereocenters. The average Bonchev–Trinajstić information content (AvgIpc) is 2.90. The second kappa shape index (κ2) is 6.43. The summed E-state index contributed by atoms with van der Waals surface area (Å²) in [6, 6.07) is 10.4. The molecule has 0 bridgehead atoms. The van der Waals surface area contributed by atoms with Crippen LogP contribution in [0.2, 0.25) is 0 Å². The van der Waals surface area contributed by atoms with Gasteiger partial charge in [-0.25, -0.2) is 0 Å². The maximum atomic E-state index is 5.52. The molecule has 2 rings (SSSR count). The highest BCUT2D eigenvalue weighted by Crippen LogP contribution is 2.27. The van der Waals surface area contributed by atoms with Crippen LogP contribution in [0.25, 0.3) is 0 Å². The van der Waals surface area contributed by atoms with E-state index in [2.05, 4.69) is 24.4 Å². The van der Waals surface area contributed by atoms with Gasteiger partial charge in [-0.3, -0.25) is 0 Å². The number of ether oxygens (including phenoxy) is 1. The molecule has 0 saturated heterocycles. The van der Waals surface area contributed by atoms with Crippen molar-refractivity contribution in [2.75, 3.05) is 13.7 Å². The van der Waals surface area contributed by atoms with Crippen molar-refractivity contribution in [1.82, 2.24) is 5.32 Å². The molecule has 1 N–H and O–H groups in total. The van der Waals surface area contributed by atoms with Crippen molar-refractivity contribution in [3.63, 3.8) is 0 Å². The third-order valence-electron chi connectivity index (χ3n) is 3.23. The van der Waals surface area contributed by atoms with Crippen molar-refractivity contribution in [2.45, 2.75) is 26.3 Å². The Morgan fingerprint density at radius 1 is 1.16 bits per heavy atom. The lowest BCUT2D eigenvalue weighted by molar-refractivity contribution is 0.340. The van der Waals surface area contributed by atoms with Gasteiger partial charge < -0.3 is 14.5 Å². The standard InChI is InChI=1S/C16H21NO2/c1-4-15-14(10-11-19-15)16(17-3)12-6-8-13(9-7-12)18-5-2/h6-11,16-17H,4-5H2,1-3H3. The number of rotatable bonds is 6. The molecule has 0 fully saturated rings. The molecule has 3 nitrogen and oxygen atoms in total. The lowest BCUT2D eigenvalue weighted by Crippen LogP contribution is -2.18. The highest BCUT2D eigenvalue weighted by molar-refractivity contribution is 5.36. The smallest absolute Gasteiger partial charge is 0.119 e. The predicted molar refractivity (Wildman–Crippen MR) is 76.6 cm³/mol. The topological polar surface area (TPSA) is 34.4 Å². The van der Waals surface area contributed by atoms with Gasteiger partial charge in [0.05, 0.1) is 18.9 Å². The highest BCUT2D eigenvalue weighted by atomic mass is 16.5. The van der Waals surface area contributed by atoms with Crippen molar-refractivity contribution >= 4 is 0 Å². The summed E-state index contributed by atoms with van der Waals surface area (Å²) in [7, 11) is 1.97. The third kappa shape index (κ3) is 2.99. The van der Waals surface area contributed by atoms with Gasteiger partial charge in [0.2, 0.25) is 0 Å². The molecule has 0 aliphatic heterocycles. The van der Waals surface area contributed by atoms with E-state index in [1.165, 1.54) is 11.1 Å². The highest BCUT2D eigenvalue weighted by Gasteiger charge is 2.17. The molecule has 2 aromatic rings. The first-order chi connectivity index (χ1) is 9.30. The predicted octanol–water partition coefficient (Wildman–Crippen LogP) is 3.55. The van der Waals surface area contributed by atoms with Gasteiger partial charge in [-0.05, 0) is 37.7 Å². The first-order valence-electron chi connectivity index (χ1n) is 6.76. The van der Waals surface area contributed by atoms with Gasteiger partial charge in [-0.2, -0.15) is 0 Å². The lowest BCUT2D eigenvalue weighted by Gasteiger charge is -2.17. The Balaban J connectivity index is 2.26. The maximum absolute atomic E-state index is 5.52. The molecule has 0 saturated carbocycles. The fourth-order valence-electron chi connectivity index (χ4n) is 2.32. The van der Waals surface area contributed by atoms with E-state index in [9.17, 15) is 0 Å². The normalized spacial score (nSPS) is 12.4. The van der Waals surface area contributed by atoms with Gasteiger partial charge in [-0.15, -0.1) is 0 Å². The molecule has 19 heavy (non-hydrogen) atoms. The molecular weight excluding hydrogens is 238 g/mol. The number of nitrogens with one attached hydrogen (secondary N) is 1. The molecule has 0 radical (unpaired) electrons. The molecule has 3 heteroatoms. The Hall–Kier alpha value is -1.74. The molecule has 0 aliphatic rings. The summed E-state index contributed by atoms with van der Waals surface area (Å²) in [5, 5.41) is 3.35. The minimum absolute atomic E-state index is 0.157. The maximum Gasteiger partial charge on any atom is 0.119 e. The van der Waals surface area contributed by atoms with Crippen LogP contribution in [0.5, 0.6) is 5.75 Å². The summed E-state index contributed by atoms with van der Waals surface area (Å²) in [4.78, 5) is 0. The Labute approximate surface area is 114 Å². The van der Waals surface area contributed by atoms with Crippen LogP contribution in [0.4, 0.5) is 0 Å². The Bertz CT molecular complexity index is 502. The zero-order valence-corrected chi connectivity index (χ0v) is 11.8. The SMILES string of the molecule is CCOc1ccc(C(NC)c2ccoc2CC)cc1. The molecule has 0 amide bonds. The molecule has 0 aliphatic carbocycles. The first kappa shape index (κ1) is 13.7. The number of furan rings is 1. The van der Waals surface area contributed by atoms with Crippen molar-refractivity contribution in [1.29, 1.82) is 0 Å². The van der Waals surface area contributed by atoms with Crippen LogP contribution in [0, 0.1) is 0 Å². The Kier molecular flexibility index (Phi) is 4.63. The van der Waals surface area contributed by atoms with E-state index in [0.29, 0.717) is 6.61 Å². The van der Waals surface area contributed by atoms with Crippen molar-refractivity contribution in [3.05, 3.63) is 53.5 Å². The fraction of sp³-hybridized carbons (Fsp3) is 0.375. The van der Waals surface area contributed by atoms with Crippen molar-refractivity contribution in [3.8, 4) is 5.75 Å². The largest absolute Gasteiger partial charge is 0.494 e. The molecule has 1 unspecified atom stereocenters. The first-order valence-corrected chi connectivity index (χ1v) is 6.76. The van der Waals surface area contributed by atoms with Gasteiger partial charge in [0.1, 0.15) is 11.5 Å². The molecule has 1 heterocycles. The summed E-state index contributed by atoms with van der Waals surface area (Å²) in [6.07, 6.45) is 2.66. The van der Waals surface area contributed by atoms with E-state index >= 15 is 0 Å². The van der Waals surface area contributed by atoms with E-state index in [0.717, 1.165) is 17.9 Å². The molecular formula is C16H21NO2. The number of benzene rings is 1. The molecule has 1 aromatic carbocycles. The van der Waals surface area contributed by atoms with E-state index in [1.54, 1.807) is 6.26 Å². The van der Waals surface area contributed by atoms with Crippen LogP contribution in [0.15, 0.2) is 41.0 Å². The zero-order chi connectivity index (χ0) is 13.7. The second-order valence-electron chi connectivity index (χ2n) is 4.38. The third-order valence-corrected chi connectivity index (χ3v) is 3.23. The van der Waals surface area contributed by atoms with Crippen LogP contribution in [0.3, 0.4) is 0 Å². The van der Waals surface area contributed by atoms with Gasteiger partial charge in [0.15, 0.2) is 0 Å². The van der Waals surface area contributed by atoms with E-state index in [1.807, 2.05) is 32.2 Å². The van der Waals surface area contributed by atoms with Crippen LogP contribution >= 0.6 is 0 Å². The fourth-order valence-corrected chi connectivity index (χ4v) is 2.32. The van der Waals surface area contributed by atoms with Gasteiger partial charge in [0, 0.05) is 12.0 Å². The van der Waals surface area contributed by atoms with E-state index < -0.39 is 0 Å². The van der Waals surface area contributed by atoms with Gasteiger partial charge >= 0.3 is 0 Å². The molecule has 102 valence electrons. The summed E-state index contributed by atoms with van der Waals surface area (Å²) >= 11 is 0. The molecule has 1 aromatic heterocycles. The van der Waals surface area contributed by atoms with Crippen LogP contribution in [-0.2, 0) is 6.42 Å². The minimum atomic E-state index is 0.157. The summed E-state index contributed by atoms with van der Waals surface area (Å²) in [6.45, 7) is 4.78. The van der Waals surface area contributed by atoms with Gasteiger partial charge in [0.25, 0.3) is 0 Å². The van der Waals surface area contributed by atoms with Crippen molar-refractivity contribution < 1.29 is 9.15 Å².